The van der Waals surface area contributed by atoms with Gasteiger partial charge in [0.05, 0.1) is 30.3 Å². The van der Waals surface area contributed by atoms with E-state index in [9.17, 15) is 22.8 Å². The van der Waals surface area contributed by atoms with Crippen molar-refractivity contribution in [3.8, 4) is 0 Å². The van der Waals surface area contributed by atoms with E-state index in [1.165, 1.54) is 18.2 Å². The van der Waals surface area contributed by atoms with Gasteiger partial charge >= 0.3 is 0 Å². The standard InChI is InChI=1S/C31H35Cl2N5O6S/c1-31(2,3)27(38-23-7-5-4-6-18(23)12-24(38)28(34)39)30(41)36-16-20-14-21(36)15-35(20)29(40)25-17-44-11-10-37(25)45(42,43)26-13-19(32)8-9-22(26)33/h4-9,12-13,20-21,25,27H,10-11,14-17H2,1-3H3,(H2,34,39)/t20-,21-,25+,27+/m0/s1. The normalized spacial score (nSPS) is 23.1. The van der Waals surface area contributed by atoms with Gasteiger partial charge in [-0.25, -0.2) is 8.42 Å². The molecule has 3 aliphatic rings. The van der Waals surface area contributed by atoms with Gasteiger partial charge in [-0.3, -0.25) is 14.4 Å². The number of morpholine rings is 1. The Balaban J connectivity index is 1.25. The van der Waals surface area contributed by atoms with Crippen LogP contribution in [0.5, 0.6) is 0 Å². The molecule has 3 fully saturated rings. The molecule has 4 heterocycles. The highest BCUT2D eigenvalue weighted by molar-refractivity contribution is 7.89. The third-order valence-electron chi connectivity index (χ3n) is 8.96. The number of piperazine rings is 1. The van der Waals surface area contributed by atoms with Gasteiger partial charge in [0.1, 0.15) is 22.7 Å². The SMILES string of the molecule is CC(C)(C)[C@@H](C(=O)N1C[C@@H]2C[C@H]1CN2C(=O)[C@H]1COCCN1S(=O)(=O)c1cc(Cl)ccc1Cl)n1c(C(N)=O)cc2ccccc21. The lowest BCUT2D eigenvalue weighted by Gasteiger charge is -2.42. The van der Waals surface area contributed by atoms with Crippen LogP contribution in [0.2, 0.25) is 10.0 Å². The van der Waals surface area contributed by atoms with Crippen molar-refractivity contribution >= 4 is 61.8 Å². The number of nitrogens with two attached hydrogens (primary N) is 1. The van der Waals surface area contributed by atoms with Crippen molar-refractivity contribution in [2.75, 3.05) is 32.8 Å². The molecule has 0 spiro atoms. The van der Waals surface area contributed by atoms with Crippen LogP contribution in [0.1, 0.15) is 43.7 Å². The number of sulfonamides is 1. The highest BCUT2D eigenvalue weighted by Gasteiger charge is 2.52. The summed E-state index contributed by atoms with van der Waals surface area (Å²) >= 11 is 12.3. The summed E-state index contributed by atoms with van der Waals surface area (Å²) in [6.45, 7) is 6.39. The first-order valence-electron chi connectivity index (χ1n) is 14.8. The summed E-state index contributed by atoms with van der Waals surface area (Å²) < 4.78 is 35.9. The molecule has 3 aromatic rings. The lowest BCUT2D eigenvalue weighted by Crippen LogP contribution is -2.60. The number of hydrogen-bond acceptors (Lipinski definition) is 6. The number of carbonyl (C=O) groups is 3. The Morgan fingerprint density at radius 1 is 1.00 bits per heavy atom. The molecule has 4 atom stereocenters. The topological polar surface area (TPSA) is 135 Å². The van der Waals surface area contributed by atoms with Crippen molar-refractivity contribution in [2.45, 2.75) is 56.3 Å². The maximum atomic E-state index is 14.4. The van der Waals surface area contributed by atoms with Crippen LogP contribution in [0.25, 0.3) is 10.9 Å². The number of para-hydroxylation sites is 1. The van der Waals surface area contributed by atoms with Crippen LogP contribution in [-0.2, 0) is 24.3 Å². The minimum absolute atomic E-state index is 0.00911. The summed E-state index contributed by atoms with van der Waals surface area (Å²) in [5, 5.41) is 1.02. The van der Waals surface area contributed by atoms with Gasteiger partial charge in [-0.15, -0.1) is 0 Å². The zero-order chi connectivity index (χ0) is 32.4. The molecular weight excluding hydrogens is 641 g/mol. The lowest BCUT2D eigenvalue weighted by molar-refractivity contribution is -0.147. The van der Waals surface area contributed by atoms with E-state index >= 15 is 0 Å². The molecule has 14 heteroatoms. The monoisotopic (exact) mass is 675 g/mol. The van der Waals surface area contributed by atoms with Crippen molar-refractivity contribution in [2.24, 2.45) is 11.1 Å². The van der Waals surface area contributed by atoms with E-state index in [-0.39, 0.29) is 77.4 Å². The number of carbonyl (C=O) groups excluding carboxylic acids is 3. The summed E-state index contributed by atoms with van der Waals surface area (Å²) in [5.74, 6) is -1.16. The number of primary amides is 1. The van der Waals surface area contributed by atoms with Crippen molar-refractivity contribution in [3.05, 3.63) is 64.3 Å². The number of nitrogens with zero attached hydrogens (tertiary/aromatic N) is 4. The van der Waals surface area contributed by atoms with Gasteiger partial charge in [-0.1, -0.05) is 62.2 Å². The maximum Gasteiger partial charge on any atom is 0.265 e. The Bertz CT molecular complexity index is 1810. The number of benzene rings is 2. The third kappa shape index (κ3) is 5.50. The summed E-state index contributed by atoms with van der Waals surface area (Å²) in [4.78, 5) is 44.2. The summed E-state index contributed by atoms with van der Waals surface area (Å²) in [6.07, 6.45) is 0.559. The molecule has 11 nitrogen and oxygen atoms in total. The number of hydrogen-bond donors (Lipinski definition) is 1. The number of rotatable bonds is 6. The fraction of sp³-hybridized carbons (Fsp3) is 0.452. The average molecular weight is 677 g/mol. The Morgan fingerprint density at radius 3 is 2.36 bits per heavy atom. The van der Waals surface area contributed by atoms with Crippen LogP contribution in [0, 0.1) is 5.41 Å². The van der Waals surface area contributed by atoms with Crippen LogP contribution < -0.4 is 5.73 Å². The molecule has 0 radical (unpaired) electrons. The molecule has 1 aromatic heterocycles. The number of fused-ring (bicyclic) bond motifs is 3. The number of halogens is 2. The van der Waals surface area contributed by atoms with Gasteiger partial charge in [0.15, 0.2) is 0 Å². The van der Waals surface area contributed by atoms with Crippen LogP contribution >= 0.6 is 23.2 Å². The first-order chi connectivity index (χ1) is 21.2. The Morgan fingerprint density at radius 2 is 1.69 bits per heavy atom. The fourth-order valence-corrected chi connectivity index (χ4v) is 9.23. The van der Waals surface area contributed by atoms with E-state index in [1.54, 1.807) is 20.4 Å². The van der Waals surface area contributed by atoms with Crippen molar-refractivity contribution in [1.29, 1.82) is 0 Å². The predicted molar refractivity (Wildman–Crippen MR) is 170 cm³/mol. The molecule has 2 aromatic carbocycles. The zero-order valence-corrected chi connectivity index (χ0v) is 27.5. The van der Waals surface area contributed by atoms with Gasteiger partial charge in [0, 0.05) is 35.6 Å². The molecule has 6 rings (SSSR count). The number of aromatic nitrogens is 1. The maximum absolute atomic E-state index is 14.4. The zero-order valence-electron chi connectivity index (χ0n) is 25.2. The summed E-state index contributed by atoms with van der Waals surface area (Å²) in [5.41, 5.74) is 6.19. The Labute approximate surface area is 271 Å². The van der Waals surface area contributed by atoms with Crippen molar-refractivity contribution < 1.29 is 27.5 Å². The molecule has 0 aliphatic carbocycles. The minimum atomic E-state index is -4.17. The summed E-state index contributed by atoms with van der Waals surface area (Å²) in [6, 6.07) is 11.0. The molecule has 0 saturated carbocycles. The second kappa shape index (κ2) is 11.6. The highest BCUT2D eigenvalue weighted by atomic mass is 35.5. The second-order valence-electron chi connectivity index (χ2n) is 12.9. The molecule has 2 N–H and O–H groups in total. The number of amides is 3. The molecule has 2 bridgehead atoms. The van der Waals surface area contributed by atoms with E-state index in [2.05, 4.69) is 0 Å². The lowest BCUT2D eigenvalue weighted by atomic mass is 9.85. The Kier molecular flexibility index (Phi) is 8.18. The average Bonchev–Trinajstić information content (AvgIpc) is 3.71. The van der Waals surface area contributed by atoms with Crippen molar-refractivity contribution in [1.82, 2.24) is 18.7 Å². The van der Waals surface area contributed by atoms with E-state index < -0.39 is 33.4 Å². The molecule has 3 saturated heterocycles. The second-order valence-corrected chi connectivity index (χ2v) is 15.6. The molecule has 3 amide bonds. The van der Waals surface area contributed by atoms with Crippen molar-refractivity contribution in [3.63, 3.8) is 0 Å². The van der Waals surface area contributed by atoms with Crippen LogP contribution in [0.15, 0.2) is 53.4 Å². The van der Waals surface area contributed by atoms with E-state index in [1.807, 2.05) is 45.0 Å². The van der Waals surface area contributed by atoms with Crippen LogP contribution in [-0.4, -0.2) is 95.8 Å². The van der Waals surface area contributed by atoms with Gasteiger partial charge in [0.25, 0.3) is 5.91 Å². The fourth-order valence-electron chi connectivity index (χ4n) is 6.94. The predicted octanol–water partition coefficient (Wildman–Crippen LogP) is 3.54. The molecule has 3 aliphatic heterocycles. The van der Waals surface area contributed by atoms with E-state index in [0.29, 0.717) is 6.42 Å². The molecule has 240 valence electrons. The first kappa shape index (κ1) is 31.8. The smallest absolute Gasteiger partial charge is 0.265 e. The van der Waals surface area contributed by atoms with E-state index in [0.717, 1.165) is 15.2 Å². The van der Waals surface area contributed by atoms with Gasteiger partial charge in [-0.05, 0) is 42.2 Å². The summed E-state index contributed by atoms with van der Waals surface area (Å²) in [7, 11) is -4.17. The Hall–Kier alpha value is -3.16. The van der Waals surface area contributed by atoms with Crippen LogP contribution in [0.3, 0.4) is 0 Å². The van der Waals surface area contributed by atoms with Crippen LogP contribution in [0.4, 0.5) is 0 Å². The molecule has 0 unspecified atom stereocenters. The van der Waals surface area contributed by atoms with Gasteiger partial charge in [-0.2, -0.15) is 4.31 Å². The minimum Gasteiger partial charge on any atom is -0.378 e. The highest BCUT2D eigenvalue weighted by Crippen LogP contribution is 2.41. The van der Waals surface area contributed by atoms with Gasteiger partial charge < -0.3 is 24.8 Å². The largest absolute Gasteiger partial charge is 0.378 e. The van der Waals surface area contributed by atoms with E-state index in [4.69, 9.17) is 33.7 Å². The number of likely N-dealkylation sites (tertiary alicyclic amines) is 2. The molecule has 45 heavy (non-hydrogen) atoms. The van der Waals surface area contributed by atoms with Gasteiger partial charge in [0.2, 0.25) is 21.8 Å². The first-order valence-corrected chi connectivity index (χ1v) is 16.9. The molecular formula is C31H35Cl2N5O6S. The number of ether oxygens (including phenoxy) is 1. The third-order valence-corrected chi connectivity index (χ3v) is 11.6. The quantitative estimate of drug-likeness (QED) is 0.425.